The Balaban J connectivity index is 4.32. The largest absolute Gasteiger partial charge is 0.446 e. The van der Waals surface area contributed by atoms with Gasteiger partial charge in [-0.2, -0.15) is 13.2 Å². The first-order valence-electron chi connectivity index (χ1n) is 1.60. The van der Waals surface area contributed by atoms with E-state index in [9.17, 15) is 18.1 Å². The molecule has 0 unspecified atom stereocenters. The monoisotopic (exact) mass is 181 g/mol. The summed E-state index contributed by atoms with van der Waals surface area (Å²) in [6.07, 6.45) is -5.00. The molecule has 0 aromatic rings. The van der Waals surface area contributed by atoms with Crippen molar-refractivity contribution in [2.24, 2.45) is 5.18 Å². The van der Waals surface area contributed by atoms with E-state index in [0.29, 0.717) is 0 Å². The number of nitroso groups, excluding NO2 is 1. The van der Waals surface area contributed by atoms with Gasteiger partial charge in [0, 0.05) is 0 Å². The number of hydrogen-bond donors (Lipinski definition) is 0. The Hall–Kier alpha value is -0.0300. The Morgan fingerprint density at radius 2 is 1.56 bits per heavy atom. The van der Waals surface area contributed by atoms with Crippen molar-refractivity contribution in [1.82, 2.24) is 0 Å². The fourth-order valence-corrected chi connectivity index (χ4v) is 0.0518. The molecule has 0 saturated carbocycles. The van der Waals surface area contributed by atoms with Crippen molar-refractivity contribution in [2.45, 2.75) is 10.6 Å². The van der Waals surface area contributed by atoms with Gasteiger partial charge in [-0.05, 0) is 5.18 Å². The molecule has 0 bridgehead atoms. The lowest BCUT2D eigenvalue weighted by Crippen LogP contribution is -2.31. The number of alkyl halides is 5. The predicted octanol–water partition coefficient (Wildman–Crippen LogP) is 2.45. The Kier molecular flexibility index (Phi) is 2.29. The Morgan fingerprint density at radius 3 is 1.56 bits per heavy atom. The maximum absolute atomic E-state index is 11.3. The summed E-state index contributed by atoms with van der Waals surface area (Å²) in [7, 11) is 0. The van der Waals surface area contributed by atoms with Crippen molar-refractivity contribution in [1.29, 1.82) is 0 Å². The minimum atomic E-state index is -5.00. The summed E-state index contributed by atoms with van der Waals surface area (Å²) in [5, 5.41) is 1.45. The second kappa shape index (κ2) is 2.30. The highest BCUT2D eigenvalue weighted by molar-refractivity contribution is 6.48. The molecule has 0 aliphatic carbocycles. The summed E-state index contributed by atoms with van der Waals surface area (Å²) in [5.41, 5.74) is 0. The van der Waals surface area contributed by atoms with Crippen LogP contribution in [0.3, 0.4) is 0 Å². The summed E-state index contributed by atoms with van der Waals surface area (Å²) in [6.45, 7) is 0. The number of nitrogens with zero attached hydrogens (tertiary/aromatic N) is 1. The van der Waals surface area contributed by atoms with Crippen molar-refractivity contribution in [3.63, 3.8) is 0 Å². The van der Waals surface area contributed by atoms with Gasteiger partial charge in [-0.1, -0.05) is 23.2 Å². The second-order valence-corrected chi connectivity index (χ2v) is 2.42. The Bertz CT molecular complexity index is 121. The lowest BCUT2D eigenvalue weighted by atomic mass is 10.6. The summed E-state index contributed by atoms with van der Waals surface area (Å²) < 4.78 is 30.3. The molecule has 0 aromatic carbocycles. The van der Waals surface area contributed by atoms with Crippen LogP contribution in [0.15, 0.2) is 5.18 Å². The van der Waals surface area contributed by atoms with Gasteiger partial charge >= 0.3 is 10.6 Å². The zero-order valence-corrected chi connectivity index (χ0v) is 5.26. The quantitative estimate of drug-likeness (QED) is 0.347. The van der Waals surface area contributed by atoms with Crippen LogP contribution in [0.1, 0.15) is 0 Å². The standard InChI is InChI=1S/C2Cl2F3NO/c3-1(4,8-9)2(5,6)7. The molecule has 0 N–H and O–H groups in total. The summed E-state index contributed by atoms with van der Waals surface area (Å²) in [4.78, 5) is 9.24. The molecule has 7 heteroatoms. The molecule has 0 aromatic heterocycles. The van der Waals surface area contributed by atoms with Crippen LogP contribution in [0.4, 0.5) is 13.2 Å². The molecule has 0 aliphatic rings. The van der Waals surface area contributed by atoms with E-state index in [0.717, 1.165) is 0 Å². The Labute approximate surface area is 57.9 Å². The van der Waals surface area contributed by atoms with Crippen LogP contribution < -0.4 is 0 Å². The molecule has 9 heavy (non-hydrogen) atoms. The topological polar surface area (TPSA) is 29.4 Å². The van der Waals surface area contributed by atoms with E-state index in [1.807, 2.05) is 0 Å². The second-order valence-electron chi connectivity index (χ2n) is 1.13. The van der Waals surface area contributed by atoms with Crippen molar-refractivity contribution in [3.05, 3.63) is 4.91 Å². The number of rotatable bonds is 1. The summed E-state index contributed by atoms with van der Waals surface area (Å²) >= 11 is 8.72. The van der Waals surface area contributed by atoms with Gasteiger partial charge in [0.25, 0.3) is 0 Å². The van der Waals surface area contributed by atoms with Gasteiger partial charge in [0.05, 0.1) is 0 Å². The highest BCUT2D eigenvalue weighted by atomic mass is 35.5. The fraction of sp³-hybridized carbons (Fsp3) is 1.00. The first kappa shape index (κ1) is 8.97. The smallest absolute Gasteiger partial charge is 0.166 e. The lowest BCUT2D eigenvalue weighted by molar-refractivity contribution is -0.139. The molecule has 0 fully saturated rings. The third-order valence-corrected chi connectivity index (χ3v) is 1.02. The Morgan fingerprint density at radius 1 is 1.22 bits per heavy atom. The average molecular weight is 182 g/mol. The van der Waals surface area contributed by atoms with Crippen LogP contribution in [0, 0.1) is 4.91 Å². The van der Waals surface area contributed by atoms with E-state index in [4.69, 9.17) is 0 Å². The summed E-state index contributed by atoms with van der Waals surface area (Å²) in [6, 6.07) is 0. The van der Waals surface area contributed by atoms with Crippen LogP contribution >= 0.6 is 23.2 Å². The average Bonchev–Trinajstić information content (AvgIpc) is 1.64. The molecular weight excluding hydrogens is 182 g/mol. The third-order valence-electron chi connectivity index (χ3n) is 0.456. The maximum atomic E-state index is 11.3. The van der Waals surface area contributed by atoms with Gasteiger partial charge in [-0.15, -0.1) is 4.91 Å². The SMILES string of the molecule is O=NC(Cl)(Cl)C(F)(F)F. The minimum Gasteiger partial charge on any atom is -0.166 e. The zero-order valence-electron chi connectivity index (χ0n) is 3.75. The molecule has 2 nitrogen and oxygen atoms in total. The van der Waals surface area contributed by atoms with E-state index >= 15 is 0 Å². The van der Waals surface area contributed by atoms with Gasteiger partial charge in [0.15, 0.2) is 0 Å². The van der Waals surface area contributed by atoms with Gasteiger partial charge in [-0.3, -0.25) is 0 Å². The van der Waals surface area contributed by atoms with Gasteiger partial charge < -0.3 is 0 Å². The normalized spacial score (nSPS) is 13.4. The van der Waals surface area contributed by atoms with E-state index < -0.39 is 10.6 Å². The van der Waals surface area contributed by atoms with Crippen LogP contribution in [-0.4, -0.2) is 10.6 Å². The van der Waals surface area contributed by atoms with Crippen molar-refractivity contribution in [3.8, 4) is 0 Å². The van der Waals surface area contributed by atoms with Crippen LogP contribution in [0.5, 0.6) is 0 Å². The van der Waals surface area contributed by atoms with E-state index in [-0.39, 0.29) is 0 Å². The van der Waals surface area contributed by atoms with Gasteiger partial charge in [0.1, 0.15) is 0 Å². The van der Waals surface area contributed by atoms with E-state index in [1.165, 1.54) is 5.18 Å². The predicted molar refractivity (Wildman–Crippen MR) is 26.3 cm³/mol. The minimum absolute atomic E-state index is 1.45. The molecule has 0 heterocycles. The van der Waals surface area contributed by atoms with Crippen LogP contribution in [-0.2, 0) is 0 Å². The highest BCUT2D eigenvalue weighted by Crippen LogP contribution is 2.40. The first-order valence-corrected chi connectivity index (χ1v) is 2.36. The molecule has 0 amide bonds. The molecule has 0 aliphatic heterocycles. The lowest BCUT2D eigenvalue weighted by Gasteiger charge is -2.12. The molecule has 0 rings (SSSR count). The number of halogens is 5. The van der Waals surface area contributed by atoms with Gasteiger partial charge in [-0.25, -0.2) is 0 Å². The highest BCUT2D eigenvalue weighted by Gasteiger charge is 2.55. The van der Waals surface area contributed by atoms with Crippen molar-refractivity contribution in [2.75, 3.05) is 0 Å². The third kappa shape index (κ3) is 1.98. The van der Waals surface area contributed by atoms with Crippen LogP contribution in [0.2, 0.25) is 0 Å². The molecule has 54 valence electrons. The van der Waals surface area contributed by atoms with Crippen molar-refractivity contribution < 1.29 is 13.2 Å². The number of hydrogen-bond acceptors (Lipinski definition) is 2. The molecular formula is C2Cl2F3NO. The van der Waals surface area contributed by atoms with Crippen molar-refractivity contribution >= 4 is 23.2 Å². The van der Waals surface area contributed by atoms with Gasteiger partial charge in [0.2, 0.25) is 0 Å². The first-order chi connectivity index (χ1) is 3.81. The summed E-state index contributed by atoms with van der Waals surface area (Å²) in [5.74, 6) is 0. The molecule has 0 spiro atoms. The maximum Gasteiger partial charge on any atom is 0.446 e. The van der Waals surface area contributed by atoms with E-state index in [1.54, 1.807) is 0 Å². The fourth-order valence-electron chi connectivity index (χ4n) is 0.0518. The van der Waals surface area contributed by atoms with E-state index in [2.05, 4.69) is 23.2 Å². The van der Waals surface area contributed by atoms with Crippen LogP contribution in [0.25, 0.3) is 0 Å². The molecule has 0 radical (unpaired) electrons. The molecule has 0 saturated heterocycles. The molecule has 0 atom stereocenters. The zero-order chi connectivity index (χ0) is 7.71.